The Labute approximate surface area is 168 Å². The summed E-state index contributed by atoms with van der Waals surface area (Å²) in [5, 5.41) is 9.05. The smallest absolute Gasteiger partial charge is 0.200 e. The summed E-state index contributed by atoms with van der Waals surface area (Å²) in [6, 6.07) is 5.64. The van der Waals surface area contributed by atoms with Crippen molar-refractivity contribution in [2.45, 2.75) is 44.5 Å². The minimum Gasteiger partial charge on any atom is -0.461 e. The molecule has 0 spiro atoms. The summed E-state index contributed by atoms with van der Waals surface area (Å²) >= 11 is 1.39. The molecule has 1 aliphatic heterocycles. The van der Waals surface area contributed by atoms with Crippen LogP contribution < -0.4 is 0 Å². The molecule has 3 aromatic heterocycles. The van der Waals surface area contributed by atoms with E-state index in [4.69, 9.17) is 9.15 Å². The van der Waals surface area contributed by atoms with E-state index in [1.54, 1.807) is 6.26 Å². The van der Waals surface area contributed by atoms with Gasteiger partial charge in [-0.3, -0.25) is 4.79 Å². The number of nitrogens with zero attached hydrogens (tertiary/aromatic N) is 4. The summed E-state index contributed by atoms with van der Waals surface area (Å²) in [6.45, 7) is 5.71. The van der Waals surface area contributed by atoms with Gasteiger partial charge in [-0.05, 0) is 44.9 Å². The first-order valence-electron chi connectivity index (χ1n) is 9.42. The lowest BCUT2D eigenvalue weighted by Gasteiger charge is -2.14. The molecule has 1 fully saturated rings. The minimum atomic E-state index is 0.0965. The van der Waals surface area contributed by atoms with E-state index in [1.807, 2.05) is 43.7 Å². The fourth-order valence-corrected chi connectivity index (χ4v) is 4.42. The zero-order chi connectivity index (χ0) is 19.7. The van der Waals surface area contributed by atoms with Gasteiger partial charge in [0, 0.05) is 37.2 Å². The normalized spacial score (nSPS) is 16.8. The molecular formula is C20H24N4O3S. The molecule has 3 aromatic rings. The SMILES string of the molecule is Cc1cc(C(=O)CSc2nnc(-c3ccco3)n2C)c(C)n1CC1CCCO1. The number of hydrogen-bond donors (Lipinski definition) is 0. The van der Waals surface area contributed by atoms with E-state index in [2.05, 4.69) is 14.8 Å². The van der Waals surface area contributed by atoms with Crippen LogP contribution in [0.15, 0.2) is 34.0 Å². The van der Waals surface area contributed by atoms with Gasteiger partial charge in [0.25, 0.3) is 0 Å². The lowest BCUT2D eigenvalue weighted by Crippen LogP contribution is -2.17. The molecule has 7 nitrogen and oxygen atoms in total. The highest BCUT2D eigenvalue weighted by Gasteiger charge is 2.22. The standard InChI is InChI=1S/C20H24N4O3S/c1-13-10-16(14(2)24(13)11-15-6-4-8-26-15)17(25)12-28-20-22-21-19(23(20)3)18-7-5-9-27-18/h5,7,9-10,15H,4,6,8,11-12H2,1-3H3. The Morgan fingerprint density at radius 3 is 2.93 bits per heavy atom. The molecule has 148 valence electrons. The molecular weight excluding hydrogens is 376 g/mol. The van der Waals surface area contributed by atoms with Crippen molar-refractivity contribution < 1.29 is 13.9 Å². The highest BCUT2D eigenvalue weighted by molar-refractivity contribution is 7.99. The van der Waals surface area contributed by atoms with Gasteiger partial charge in [-0.15, -0.1) is 10.2 Å². The van der Waals surface area contributed by atoms with Crippen LogP contribution in [0.1, 0.15) is 34.6 Å². The summed E-state index contributed by atoms with van der Waals surface area (Å²) in [5.41, 5.74) is 2.88. The van der Waals surface area contributed by atoms with Crippen LogP contribution in [0.5, 0.6) is 0 Å². The Morgan fingerprint density at radius 1 is 1.36 bits per heavy atom. The van der Waals surface area contributed by atoms with E-state index in [-0.39, 0.29) is 11.9 Å². The molecule has 1 aliphatic rings. The molecule has 1 saturated heterocycles. The number of aryl methyl sites for hydroxylation is 1. The second kappa shape index (κ2) is 7.97. The molecule has 0 radical (unpaired) electrons. The number of furan rings is 1. The first kappa shape index (κ1) is 19.0. The third-order valence-corrected chi connectivity index (χ3v) is 6.21. The van der Waals surface area contributed by atoms with E-state index in [0.29, 0.717) is 22.5 Å². The number of thioether (sulfide) groups is 1. The Kier molecular flexibility index (Phi) is 5.41. The average Bonchev–Trinajstić information content (AvgIpc) is 3.46. The molecule has 0 amide bonds. The van der Waals surface area contributed by atoms with Crippen LogP contribution in [0.2, 0.25) is 0 Å². The minimum absolute atomic E-state index is 0.0965. The second-order valence-electron chi connectivity index (χ2n) is 7.08. The van der Waals surface area contributed by atoms with Crippen molar-refractivity contribution in [1.82, 2.24) is 19.3 Å². The molecule has 1 atom stereocenters. The van der Waals surface area contributed by atoms with Gasteiger partial charge in [-0.25, -0.2) is 0 Å². The number of ketones is 1. The van der Waals surface area contributed by atoms with Crippen molar-refractivity contribution in [1.29, 1.82) is 0 Å². The van der Waals surface area contributed by atoms with E-state index < -0.39 is 0 Å². The van der Waals surface area contributed by atoms with Gasteiger partial charge in [0.2, 0.25) is 0 Å². The first-order valence-corrected chi connectivity index (χ1v) is 10.4. The lowest BCUT2D eigenvalue weighted by atomic mass is 10.2. The summed E-state index contributed by atoms with van der Waals surface area (Å²) in [5.74, 6) is 1.72. The van der Waals surface area contributed by atoms with Crippen LogP contribution in [0, 0.1) is 13.8 Å². The predicted octanol–water partition coefficient (Wildman–Crippen LogP) is 3.65. The van der Waals surface area contributed by atoms with Crippen LogP contribution in [0.25, 0.3) is 11.6 Å². The molecule has 0 bridgehead atoms. The van der Waals surface area contributed by atoms with Gasteiger partial charge < -0.3 is 18.3 Å². The lowest BCUT2D eigenvalue weighted by molar-refractivity contribution is 0.0957. The Bertz CT molecular complexity index is 968. The van der Waals surface area contributed by atoms with E-state index >= 15 is 0 Å². The zero-order valence-electron chi connectivity index (χ0n) is 16.3. The molecule has 0 aliphatic carbocycles. The summed E-state index contributed by atoms with van der Waals surface area (Å²) < 4.78 is 15.2. The quantitative estimate of drug-likeness (QED) is 0.445. The number of ether oxygens (including phenoxy) is 1. The molecule has 4 rings (SSSR count). The number of carbonyl (C=O) groups excluding carboxylic acids is 1. The molecule has 4 heterocycles. The molecule has 1 unspecified atom stereocenters. The number of hydrogen-bond acceptors (Lipinski definition) is 6. The number of carbonyl (C=O) groups is 1. The van der Waals surface area contributed by atoms with Crippen molar-refractivity contribution in [2.75, 3.05) is 12.4 Å². The van der Waals surface area contributed by atoms with Crippen LogP contribution in [-0.4, -0.2) is 43.6 Å². The maximum atomic E-state index is 12.8. The Morgan fingerprint density at radius 2 is 2.21 bits per heavy atom. The monoisotopic (exact) mass is 400 g/mol. The Balaban J connectivity index is 1.44. The third kappa shape index (κ3) is 3.66. The molecule has 0 saturated carbocycles. The van der Waals surface area contributed by atoms with Crippen molar-refractivity contribution in [2.24, 2.45) is 7.05 Å². The van der Waals surface area contributed by atoms with Gasteiger partial charge in [-0.2, -0.15) is 0 Å². The van der Waals surface area contributed by atoms with Crippen molar-refractivity contribution in [3.8, 4) is 11.6 Å². The zero-order valence-corrected chi connectivity index (χ0v) is 17.2. The predicted molar refractivity (Wildman–Crippen MR) is 107 cm³/mol. The highest BCUT2D eigenvalue weighted by Crippen LogP contribution is 2.25. The third-order valence-electron chi connectivity index (χ3n) is 5.19. The number of rotatable bonds is 7. The highest BCUT2D eigenvalue weighted by atomic mass is 32.2. The Hall–Kier alpha value is -2.32. The molecule has 0 aromatic carbocycles. The van der Waals surface area contributed by atoms with Gasteiger partial charge in [0.05, 0.1) is 18.1 Å². The van der Waals surface area contributed by atoms with Crippen molar-refractivity contribution >= 4 is 17.5 Å². The van der Waals surface area contributed by atoms with Crippen LogP contribution >= 0.6 is 11.8 Å². The molecule has 8 heteroatoms. The van der Waals surface area contributed by atoms with Crippen molar-refractivity contribution in [3.63, 3.8) is 0 Å². The van der Waals surface area contributed by atoms with Crippen LogP contribution in [0.3, 0.4) is 0 Å². The molecule has 28 heavy (non-hydrogen) atoms. The van der Waals surface area contributed by atoms with Crippen LogP contribution in [0.4, 0.5) is 0 Å². The summed E-state index contributed by atoms with van der Waals surface area (Å²) in [4.78, 5) is 12.8. The fraction of sp³-hybridized carbons (Fsp3) is 0.450. The summed E-state index contributed by atoms with van der Waals surface area (Å²) in [7, 11) is 1.87. The maximum Gasteiger partial charge on any atom is 0.200 e. The van der Waals surface area contributed by atoms with E-state index in [1.165, 1.54) is 11.8 Å². The maximum absolute atomic E-state index is 12.8. The number of Topliss-reactive ketones (excluding diaryl/α,β-unsaturated/α-hetero) is 1. The first-order chi connectivity index (χ1) is 13.5. The topological polar surface area (TPSA) is 75.1 Å². The largest absolute Gasteiger partial charge is 0.461 e. The van der Waals surface area contributed by atoms with Gasteiger partial charge in [0.1, 0.15) is 0 Å². The number of aromatic nitrogens is 4. The van der Waals surface area contributed by atoms with Crippen LogP contribution in [-0.2, 0) is 18.3 Å². The fourth-order valence-electron chi connectivity index (χ4n) is 3.63. The molecule has 0 N–H and O–H groups in total. The average molecular weight is 401 g/mol. The van der Waals surface area contributed by atoms with Crippen molar-refractivity contribution in [3.05, 3.63) is 41.4 Å². The summed E-state index contributed by atoms with van der Waals surface area (Å²) in [6.07, 6.45) is 4.05. The second-order valence-corrected chi connectivity index (χ2v) is 8.03. The van der Waals surface area contributed by atoms with Gasteiger partial charge in [0.15, 0.2) is 22.5 Å². The van der Waals surface area contributed by atoms with Gasteiger partial charge in [-0.1, -0.05) is 11.8 Å². The van der Waals surface area contributed by atoms with E-state index in [0.717, 1.165) is 42.9 Å². The van der Waals surface area contributed by atoms with E-state index in [9.17, 15) is 4.79 Å². The van der Waals surface area contributed by atoms with Gasteiger partial charge >= 0.3 is 0 Å².